The molecular formula is C15H17NO2. The van der Waals surface area contributed by atoms with Crippen molar-refractivity contribution in [2.75, 3.05) is 12.8 Å². The second kappa shape index (κ2) is 5.10. The Kier molecular flexibility index (Phi) is 3.53. The molecule has 3 N–H and O–H groups in total. The van der Waals surface area contributed by atoms with Crippen molar-refractivity contribution in [2.45, 2.75) is 13.0 Å². The number of benzene rings is 2. The Balaban J connectivity index is 2.31. The van der Waals surface area contributed by atoms with E-state index in [0.717, 1.165) is 11.1 Å². The first kappa shape index (κ1) is 12.5. The van der Waals surface area contributed by atoms with Gasteiger partial charge in [0.05, 0.1) is 12.8 Å². The van der Waals surface area contributed by atoms with Gasteiger partial charge in [0.1, 0.15) is 11.9 Å². The van der Waals surface area contributed by atoms with Crippen molar-refractivity contribution in [1.29, 1.82) is 0 Å². The van der Waals surface area contributed by atoms with Gasteiger partial charge in [0.15, 0.2) is 0 Å². The first-order valence-corrected chi connectivity index (χ1v) is 5.80. The van der Waals surface area contributed by atoms with Gasteiger partial charge in [-0.15, -0.1) is 0 Å². The Hall–Kier alpha value is -2.00. The van der Waals surface area contributed by atoms with Gasteiger partial charge in [0.25, 0.3) is 0 Å². The minimum absolute atomic E-state index is 0.529. The van der Waals surface area contributed by atoms with E-state index in [2.05, 4.69) is 0 Å². The molecule has 18 heavy (non-hydrogen) atoms. The summed E-state index contributed by atoms with van der Waals surface area (Å²) >= 11 is 0. The highest BCUT2D eigenvalue weighted by Crippen LogP contribution is 2.28. The topological polar surface area (TPSA) is 55.5 Å². The third kappa shape index (κ3) is 2.46. The summed E-state index contributed by atoms with van der Waals surface area (Å²) in [6.45, 7) is 2.02. The molecular weight excluding hydrogens is 226 g/mol. The Morgan fingerprint density at radius 2 is 1.67 bits per heavy atom. The summed E-state index contributed by atoms with van der Waals surface area (Å²) < 4.78 is 5.09. The number of aryl methyl sites for hydroxylation is 1. The van der Waals surface area contributed by atoms with E-state index >= 15 is 0 Å². The quantitative estimate of drug-likeness (QED) is 0.815. The lowest BCUT2D eigenvalue weighted by Gasteiger charge is -2.13. The number of aliphatic hydroxyl groups excluding tert-OH is 1. The van der Waals surface area contributed by atoms with Crippen LogP contribution in [0.1, 0.15) is 22.8 Å². The van der Waals surface area contributed by atoms with Crippen LogP contribution in [0.3, 0.4) is 0 Å². The van der Waals surface area contributed by atoms with Crippen LogP contribution < -0.4 is 10.5 Å². The fourth-order valence-electron chi connectivity index (χ4n) is 1.86. The molecule has 0 unspecified atom stereocenters. The Bertz CT molecular complexity index is 535. The van der Waals surface area contributed by atoms with Gasteiger partial charge in [-0.3, -0.25) is 0 Å². The molecule has 0 aliphatic rings. The normalized spacial score (nSPS) is 12.2. The standard InChI is InChI=1S/C15H17NO2/c1-10-3-5-11(6-4-10)15(17)12-7-8-14(18-2)13(16)9-12/h3-9,15,17H,16H2,1-2H3/t15-/m0/s1. The maximum atomic E-state index is 10.3. The molecule has 2 aromatic carbocycles. The zero-order chi connectivity index (χ0) is 13.1. The van der Waals surface area contributed by atoms with Crippen LogP contribution in [-0.4, -0.2) is 12.2 Å². The lowest BCUT2D eigenvalue weighted by atomic mass is 10.00. The number of hydrogen-bond donors (Lipinski definition) is 2. The smallest absolute Gasteiger partial charge is 0.141 e. The number of rotatable bonds is 3. The predicted molar refractivity (Wildman–Crippen MR) is 72.6 cm³/mol. The first-order valence-electron chi connectivity index (χ1n) is 5.80. The molecule has 0 saturated heterocycles. The average Bonchev–Trinajstić information content (AvgIpc) is 2.38. The van der Waals surface area contributed by atoms with Gasteiger partial charge in [-0.25, -0.2) is 0 Å². The summed E-state index contributed by atoms with van der Waals surface area (Å²) in [5.41, 5.74) is 9.14. The predicted octanol–water partition coefficient (Wildman–Crippen LogP) is 2.67. The summed E-state index contributed by atoms with van der Waals surface area (Å²) in [4.78, 5) is 0. The van der Waals surface area contributed by atoms with E-state index in [0.29, 0.717) is 11.4 Å². The SMILES string of the molecule is COc1ccc([C@@H](O)c2ccc(C)cc2)cc1N. The minimum Gasteiger partial charge on any atom is -0.495 e. The van der Waals surface area contributed by atoms with Crippen molar-refractivity contribution >= 4 is 5.69 Å². The largest absolute Gasteiger partial charge is 0.495 e. The van der Waals surface area contributed by atoms with E-state index in [-0.39, 0.29) is 0 Å². The molecule has 0 heterocycles. The summed E-state index contributed by atoms with van der Waals surface area (Å²) in [6, 6.07) is 13.1. The van der Waals surface area contributed by atoms with Crippen molar-refractivity contribution in [2.24, 2.45) is 0 Å². The molecule has 0 amide bonds. The molecule has 0 aliphatic carbocycles. The van der Waals surface area contributed by atoms with E-state index < -0.39 is 6.10 Å². The summed E-state index contributed by atoms with van der Waals surface area (Å²) in [5.74, 6) is 0.620. The number of methoxy groups -OCH3 is 1. The number of nitrogen functional groups attached to an aromatic ring is 1. The van der Waals surface area contributed by atoms with E-state index in [1.54, 1.807) is 19.2 Å². The molecule has 3 nitrogen and oxygen atoms in total. The van der Waals surface area contributed by atoms with Crippen molar-refractivity contribution < 1.29 is 9.84 Å². The average molecular weight is 243 g/mol. The van der Waals surface area contributed by atoms with E-state index in [1.807, 2.05) is 37.3 Å². The second-order valence-electron chi connectivity index (χ2n) is 4.31. The molecule has 3 heteroatoms. The summed E-state index contributed by atoms with van der Waals surface area (Å²) in [5, 5.41) is 10.3. The molecule has 0 saturated carbocycles. The lowest BCUT2D eigenvalue weighted by Crippen LogP contribution is -2.01. The van der Waals surface area contributed by atoms with E-state index in [9.17, 15) is 5.11 Å². The number of hydrogen-bond acceptors (Lipinski definition) is 3. The van der Waals surface area contributed by atoms with Crippen molar-refractivity contribution in [1.82, 2.24) is 0 Å². The number of ether oxygens (including phenoxy) is 1. The molecule has 2 rings (SSSR count). The molecule has 94 valence electrons. The summed E-state index contributed by atoms with van der Waals surface area (Å²) in [6.07, 6.45) is -0.668. The van der Waals surface area contributed by atoms with Crippen LogP contribution in [0.2, 0.25) is 0 Å². The van der Waals surface area contributed by atoms with E-state index in [4.69, 9.17) is 10.5 Å². The zero-order valence-corrected chi connectivity index (χ0v) is 10.6. The fourth-order valence-corrected chi connectivity index (χ4v) is 1.86. The fraction of sp³-hybridized carbons (Fsp3) is 0.200. The third-order valence-electron chi connectivity index (χ3n) is 2.96. The molecule has 0 aromatic heterocycles. The highest BCUT2D eigenvalue weighted by atomic mass is 16.5. The van der Waals surface area contributed by atoms with Crippen LogP contribution in [0, 0.1) is 6.92 Å². The molecule has 0 radical (unpaired) electrons. The highest BCUT2D eigenvalue weighted by Gasteiger charge is 2.11. The Labute approximate surface area is 107 Å². The molecule has 2 aromatic rings. The third-order valence-corrected chi connectivity index (χ3v) is 2.96. The van der Waals surface area contributed by atoms with Gasteiger partial charge in [-0.2, -0.15) is 0 Å². The summed E-state index contributed by atoms with van der Waals surface area (Å²) in [7, 11) is 1.57. The number of aliphatic hydroxyl groups is 1. The molecule has 0 spiro atoms. The number of anilines is 1. The molecule has 0 fully saturated rings. The van der Waals surface area contributed by atoms with Crippen molar-refractivity contribution in [3.05, 3.63) is 59.2 Å². The lowest BCUT2D eigenvalue weighted by molar-refractivity contribution is 0.220. The first-order chi connectivity index (χ1) is 8.61. The Morgan fingerprint density at radius 1 is 1.06 bits per heavy atom. The van der Waals surface area contributed by atoms with Crippen LogP contribution in [0.5, 0.6) is 5.75 Å². The van der Waals surface area contributed by atoms with Gasteiger partial charge < -0.3 is 15.6 Å². The molecule has 0 aliphatic heterocycles. The zero-order valence-electron chi connectivity index (χ0n) is 10.6. The van der Waals surface area contributed by atoms with Crippen LogP contribution in [-0.2, 0) is 0 Å². The van der Waals surface area contributed by atoms with Gasteiger partial charge in [0.2, 0.25) is 0 Å². The van der Waals surface area contributed by atoms with Crippen LogP contribution in [0.25, 0.3) is 0 Å². The monoisotopic (exact) mass is 243 g/mol. The maximum absolute atomic E-state index is 10.3. The van der Waals surface area contributed by atoms with Crippen molar-refractivity contribution in [3.63, 3.8) is 0 Å². The van der Waals surface area contributed by atoms with E-state index in [1.165, 1.54) is 5.56 Å². The van der Waals surface area contributed by atoms with Gasteiger partial charge in [-0.1, -0.05) is 35.9 Å². The second-order valence-corrected chi connectivity index (χ2v) is 4.31. The Morgan fingerprint density at radius 3 is 2.22 bits per heavy atom. The van der Waals surface area contributed by atoms with Crippen LogP contribution in [0.4, 0.5) is 5.69 Å². The minimum atomic E-state index is -0.668. The molecule has 0 bridgehead atoms. The molecule has 1 atom stereocenters. The van der Waals surface area contributed by atoms with Crippen molar-refractivity contribution in [3.8, 4) is 5.75 Å². The highest BCUT2D eigenvalue weighted by molar-refractivity contribution is 5.55. The van der Waals surface area contributed by atoms with Gasteiger partial charge in [-0.05, 0) is 30.2 Å². The van der Waals surface area contributed by atoms with Crippen LogP contribution >= 0.6 is 0 Å². The van der Waals surface area contributed by atoms with Gasteiger partial charge >= 0.3 is 0 Å². The number of nitrogens with two attached hydrogens (primary N) is 1. The van der Waals surface area contributed by atoms with Crippen LogP contribution in [0.15, 0.2) is 42.5 Å². The van der Waals surface area contributed by atoms with Gasteiger partial charge in [0, 0.05) is 0 Å². The maximum Gasteiger partial charge on any atom is 0.141 e.